The molecule has 18 heavy (non-hydrogen) atoms. The van der Waals surface area contributed by atoms with Gasteiger partial charge in [-0.15, -0.1) is 0 Å². The van der Waals surface area contributed by atoms with Gasteiger partial charge < -0.3 is 5.32 Å². The second kappa shape index (κ2) is 6.00. The Bertz CT molecular complexity index is 452. The van der Waals surface area contributed by atoms with E-state index in [1.165, 1.54) is 6.07 Å². The van der Waals surface area contributed by atoms with Gasteiger partial charge in [-0.25, -0.2) is 4.39 Å². The van der Waals surface area contributed by atoms with E-state index in [0.29, 0.717) is 18.4 Å². The van der Waals surface area contributed by atoms with E-state index < -0.39 is 10.7 Å². The zero-order valence-electron chi connectivity index (χ0n) is 10.5. The SMILES string of the molecule is CC(C)C(C)CNc1cc(Cl)c(F)cc1[N+](=O)[O-]. The average Bonchev–Trinajstić information content (AvgIpc) is 2.29. The number of hydrogen-bond donors (Lipinski definition) is 1. The molecule has 0 aliphatic heterocycles. The lowest BCUT2D eigenvalue weighted by molar-refractivity contribution is -0.384. The zero-order valence-corrected chi connectivity index (χ0v) is 11.3. The van der Waals surface area contributed by atoms with Crippen molar-refractivity contribution in [3.05, 3.63) is 33.1 Å². The lowest BCUT2D eigenvalue weighted by Gasteiger charge is -2.17. The molecule has 4 nitrogen and oxygen atoms in total. The molecule has 0 aliphatic carbocycles. The summed E-state index contributed by atoms with van der Waals surface area (Å²) < 4.78 is 13.2. The molecule has 0 fully saturated rings. The standard InChI is InChI=1S/C12H16ClFN2O2/c1-7(2)8(3)6-15-11-4-9(13)10(14)5-12(11)16(17)18/h4-5,7-8,15H,6H2,1-3H3. The van der Waals surface area contributed by atoms with Crippen molar-refractivity contribution in [1.29, 1.82) is 0 Å². The molecule has 0 saturated carbocycles. The van der Waals surface area contributed by atoms with Crippen LogP contribution in [-0.4, -0.2) is 11.5 Å². The van der Waals surface area contributed by atoms with Gasteiger partial charge in [-0.2, -0.15) is 0 Å². The minimum absolute atomic E-state index is 0.125. The van der Waals surface area contributed by atoms with E-state index in [9.17, 15) is 14.5 Å². The zero-order chi connectivity index (χ0) is 13.9. The molecule has 1 unspecified atom stereocenters. The molecule has 0 heterocycles. The van der Waals surface area contributed by atoms with Crippen LogP contribution in [0.4, 0.5) is 15.8 Å². The molecule has 1 atom stereocenters. The van der Waals surface area contributed by atoms with Crippen LogP contribution >= 0.6 is 11.6 Å². The first-order chi connectivity index (χ1) is 8.32. The number of halogens is 2. The van der Waals surface area contributed by atoms with Gasteiger partial charge >= 0.3 is 0 Å². The first-order valence-corrected chi connectivity index (χ1v) is 6.08. The molecular formula is C12H16ClFN2O2. The summed E-state index contributed by atoms with van der Waals surface area (Å²) in [5.41, 5.74) is -0.0493. The Balaban J connectivity index is 2.93. The molecule has 0 spiro atoms. The summed E-state index contributed by atoms with van der Waals surface area (Å²) in [5.74, 6) is 0.00623. The summed E-state index contributed by atoms with van der Waals surface area (Å²) in [7, 11) is 0. The predicted molar refractivity (Wildman–Crippen MR) is 70.6 cm³/mol. The average molecular weight is 275 g/mol. The number of nitro benzene ring substituents is 1. The number of hydrogen-bond acceptors (Lipinski definition) is 3. The van der Waals surface area contributed by atoms with E-state index in [0.717, 1.165) is 6.07 Å². The summed E-state index contributed by atoms with van der Waals surface area (Å²) in [4.78, 5) is 10.2. The molecule has 6 heteroatoms. The second-order valence-electron chi connectivity index (χ2n) is 4.64. The Labute approximate surface area is 110 Å². The Kier molecular flexibility index (Phi) is 4.90. The molecule has 0 aromatic heterocycles. The molecule has 0 saturated heterocycles. The molecule has 0 radical (unpaired) electrons. The smallest absolute Gasteiger partial charge is 0.295 e. The normalized spacial score (nSPS) is 12.6. The second-order valence-corrected chi connectivity index (χ2v) is 5.05. The van der Waals surface area contributed by atoms with Crippen LogP contribution in [0.15, 0.2) is 12.1 Å². The monoisotopic (exact) mass is 274 g/mol. The molecule has 0 bridgehead atoms. The van der Waals surface area contributed by atoms with Crippen LogP contribution in [0.3, 0.4) is 0 Å². The minimum atomic E-state index is -0.786. The Morgan fingerprint density at radius 1 is 1.44 bits per heavy atom. The Hall–Kier alpha value is -1.36. The molecule has 0 aliphatic rings. The highest BCUT2D eigenvalue weighted by atomic mass is 35.5. The van der Waals surface area contributed by atoms with Crippen molar-refractivity contribution >= 4 is 23.0 Å². The molecule has 1 rings (SSSR count). The number of nitrogens with zero attached hydrogens (tertiary/aromatic N) is 1. The fourth-order valence-corrected chi connectivity index (χ4v) is 1.50. The van der Waals surface area contributed by atoms with Gasteiger partial charge in [0.25, 0.3) is 5.69 Å². The highest BCUT2D eigenvalue weighted by Gasteiger charge is 2.18. The largest absolute Gasteiger partial charge is 0.379 e. The minimum Gasteiger partial charge on any atom is -0.379 e. The quantitative estimate of drug-likeness (QED) is 0.650. The van der Waals surface area contributed by atoms with Crippen LogP contribution < -0.4 is 5.32 Å². The molecule has 0 amide bonds. The van der Waals surface area contributed by atoms with Gasteiger partial charge in [-0.05, 0) is 17.9 Å². The number of rotatable bonds is 5. The van der Waals surface area contributed by atoms with Gasteiger partial charge in [0.05, 0.1) is 16.0 Å². The maximum atomic E-state index is 13.2. The molecule has 1 aromatic carbocycles. The van der Waals surface area contributed by atoms with E-state index in [2.05, 4.69) is 19.2 Å². The van der Waals surface area contributed by atoms with E-state index in [4.69, 9.17) is 11.6 Å². The lowest BCUT2D eigenvalue weighted by Crippen LogP contribution is -2.17. The van der Waals surface area contributed by atoms with Crippen LogP contribution in [0, 0.1) is 27.8 Å². The van der Waals surface area contributed by atoms with Gasteiger partial charge in [0.2, 0.25) is 0 Å². The van der Waals surface area contributed by atoms with E-state index in [1.807, 2.05) is 6.92 Å². The summed E-state index contributed by atoms with van der Waals surface area (Å²) >= 11 is 5.63. The number of anilines is 1. The first kappa shape index (κ1) is 14.7. The van der Waals surface area contributed by atoms with Gasteiger partial charge in [0.1, 0.15) is 11.5 Å². The fraction of sp³-hybridized carbons (Fsp3) is 0.500. The van der Waals surface area contributed by atoms with Crippen molar-refractivity contribution < 1.29 is 9.31 Å². The Morgan fingerprint density at radius 2 is 2.06 bits per heavy atom. The maximum Gasteiger partial charge on any atom is 0.295 e. The van der Waals surface area contributed by atoms with Crippen LogP contribution in [0.2, 0.25) is 5.02 Å². The maximum absolute atomic E-state index is 13.2. The van der Waals surface area contributed by atoms with Crippen LogP contribution in [0.5, 0.6) is 0 Å². The van der Waals surface area contributed by atoms with Gasteiger partial charge in [0.15, 0.2) is 0 Å². The molecule has 100 valence electrons. The third-order valence-electron chi connectivity index (χ3n) is 2.99. The number of nitrogens with one attached hydrogen (secondary N) is 1. The highest BCUT2D eigenvalue weighted by molar-refractivity contribution is 6.31. The summed E-state index contributed by atoms with van der Waals surface area (Å²) in [5, 5.41) is 13.6. The lowest BCUT2D eigenvalue weighted by atomic mass is 9.98. The molecular weight excluding hydrogens is 259 g/mol. The predicted octanol–water partition coefficient (Wildman–Crippen LogP) is 4.09. The third-order valence-corrected chi connectivity index (χ3v) is 3.28. The van der Waals surface area contributed by atoms with Crippen LogP contribution in [-0.2, 0) is 0 Å². The third kappa shape index (κ3) is 3.57. The molecule has 1 N–H and O–H groups in total. The van der Waals surface area contributed by atoms with Crippen molar-refractivity contribution in [2.75, 3.05) is 11.9 Å². The fourth-order valence-electron chi connectivity index (χ4n) is 1.34. The first-order valence-electron chi connectivity index (χ1n) is 5.70. The summed E-state index contributed by atoms with van der Waals surface area (Å²) in [6.07, 6.45) is 0. The van der Waals surface area contributed by atoms with Crippen molar-refractivity contribution in [1.82, 2.24) is 0 Å². The van der Waals surface area contributed by atoms with Gasteiger partial charge in [-0.3, -0.25) is 10.1 Å². The van der Waals surface area contributed by atoms with Crippen LogP contribution in [0.1, 0.15) is 20.8 Å². The topological polar surface area (TPSA) is 55.2 Å². The van der Waals surface area contributed by atoms with Crippen molar-refractivity contribution in [2.45, 2.75) is 20.8 Å². The Morgan fingerprint density at radius 3 is 2.56 bits per heavy atom. The van der Waals surface area contributed by atoms with E-state index in [-0.39, 0.29) is 16.4 Å². The summed E-state index contributed by atoms with van der Waals surface area (Å²) in [6.45, 7) is 6.74. The highest BCUT2D eigenvalue weighted by Crippen LogP contribution is 2.30. The van der Waals surface area contributed by atoms with Crippen molar-refractivity contribution in [3.63, 3.8) is 0 Å². The van der Waals surface area contributed by atoms with Crippen molar-refractivity contribution in [3.8, 4) is 0 Å². The summed E-state index contributed by atoms with van der Waals surface area (Å²) in [6, 6.07) is 2.09. The van der Waals surface area contributed by atoms with Gasteiger partial charge in [-0.1, -0.05) is 32.4 Å². The molecule has 1 aromatic rings. The number of benzene rings is 1. The van der Waals surface area contributed by atoms with Gasteiger partial charge in [0, 0.05) is 6.54 Å². The van der Waals surface area contributed by atoms with Crippen molar-refractivity contribution in [2.24, 2.45) is 11.8 Å². The van der Waals surface area contributed by atoms with E-state index >= 15 is 0 Å². The number of nitro groups is 1. The van der Waals surface area contributed by atoms with Crippen LogP contribution in [0.25, 0.3) is 0 Å². The van der Waals surface area contributed by atoms with E-state index in [1.54, 1.807) is 0 Å².